The van der Waals surface area contributed by atoms with Crippen molar-refractivity contribution in [3.05, 3.63) is 226 Å². The Balaban J connectivity index is 0.938. The van der Waals surface area contributed by atoms with Gasteiger partial charge in [0.25, 0.3) is 0 Å². The second-order valence-corrected chi connectivity index (χ2v) is 17.3. The summed E-state index contributed by atoms with van der Waals surface area (Å²) in [5, 5.41) is 18.9. The first kappa shape index (κ1) is 38.3. The van der Waals surface area contributed by atoms with Gasteiger partial charge in [-0.2, -0.15) is 10.5 Å². The second-order valence-electron chi connectivity index (χ2n) is 17.3. The molecule has 0 atom stereocenters. The predicted octanol–water partition coefficient (Wildman–Crippen LogP) is 15.2. The molecule has 4 heteroatoms. The molecule has 62 heavy (non-hydrogen) atoms. The van der Waals surface area contributed by atoms with E-state index in [0.29, 0.717) is 11.1 Å². The molecule has 8 aromatic rings. The van der Waals surface area contributed by atoms with Crippen molar-refractivity contribution in [1.29, 1.82) is 10.5 Å². The molecule has 0 aromatic heterocycles. The van der Waals surface area contributed by atoms with Crippen molar-refractivity contribution in [1.82, 2.24) is 0 Å². The zero-order chi connectivity index (χ0) is 42.6. The minimum absolute atomic E-state index is 0.212. The van der Waals surface area contributed by atoms with Crippen LogP contribution in [0, 0.1) is 22.7 Å². The van der Waals surface area contributed by atoms with Crippen LogP contribution in [0.25, 0.3) is 34.4 Å². The van der Waals surface area contributed by atoms with E-state index < -0.39 is 0 Å². The predicted molar refractivity (Wildman–Crippen MR) is 256 cm³/mol. The van der Waals surface area contributed by atoms with E-state index in [1.807, 2.05) is 60.7 Å². The lowest BCUT2D eigenvalue weighted by molar-refractivity contribution is 0.660. The quantitative estimate of drug-likeness (QED) is 0.144. The molecule has 0 saturated carbocycles. The summed E-state index contributed by atoms with van der Waals surface area (Å²) in [6.07, 6.45) is 4.49. The number of rotatable bonds is 8. The minimum atomic E-state index is -0.212. The standard InChI is InChI=1S/C58H44N4/c1-57(2)53-33-39(21-29-49(53)51-31-27-47(35-55(51)57)61(43-11-7-5-8-12-43)45-23-17-41(37-59)18-24-45)15-16-40-22-30-50-52-32-28-48(36-56(52)58(3,4)54(50)34-40)62(44-13-9-6-10-14-44)46-25-19-42(38-60)20-26-46/h5-36H,1-4H3/b16-15+. The molecule has 0 unspecified atom stereocenters. The van der Waals surface area contributed by atoms with Gasteiger partial charge in [0.15, 0.2) is 0 Å². The van der Waals surface area contributed by atoms with E-state index in [-0.39, 0.29) is 10.8 Å². The van der Waals surface area contributed by atoms with E-state index in [1.165, 1.54) is 55.6 Å². The molecule has 0 N–H and O–H groups in total. The Hall–Kier alpha value is -7.92. The van der Waals surface area contributed by atoms with Gasteiger partial charge in [-0.3, -0.25) is 0 Å². The lowest BCUT2D eigenvalue weighted by atomic mass is 9.81. The van der Waals surface area contributed by atoms with Gasteiger partial charge in [-0.05, 0) is 153 Å². The van der Waals surface area contributed by atoms with Crippen molar-refractivity contribution in [3.63, 3.8) is 0 Å². The van der Waals surface area contributed by atoms with E-state index in [2.05, 4.69) is 183 Å². The summed E-state index contributed by atoms with van der Waals surface area (Å²) in [6.45, 7) is 9.33. The monoisotopic (exact) mass is 796 g/mol. The van der Waals surface area contributed by atoms with E-state index in [9.17, 15) is 10.5 Å². The first-order chi connectivity index (χ1) is 30.1. The molecular weight excluding hydrogens is 753 g/mol. The highest BCUT2D eigenvalue weighted by atomic mass is 15.1. The molecule has 0 amide bonds. The van der Waals surface area contributed by atoms with E-state index in [4.69, 9.17) is 0 Å². The Morgan fingerprint density at radius 1 is 0.355 bits per heavy atom. The Kier molecular flexibility index (Phi) is 9.24. The van der Waals surface area contributed by atoms with Crippen LogP contribution < -0.4 is 9.80 Å². The summed E-state index contributed by atoms with van der Waals surface area (Å²) in [7, 11) is 0. The fourth-order valence-corrected chi connectivity index (χ4v) is 9.58. The average Bonchev–Trinajstić information content (AvgIpc) is 3.67. The maximum absolute atomic E-state index is 9.46. The van der Waals surface area contributed by atoms with Crippen LogP contribution in [0.2, 0.25) is 0 Å². The zero-order valence-electron chi connectivity index (χ0n) is 35.3. The van der Waals surface area contributed by atoms with Crippen LogP contribution in [0.15, 0.2) is 182 Å². The van der Waals surface area contributed by atoms with Crippen molar-refractivity contribution in [2.24, 2.45) is 0 Å². The number of hydrogen-bond donors (Lipinski definition) is 0. The summed E-state index contributed by atoms with van der Waals surface area (Å²) < 4.78 is 0. The van der Waals surface area contributed by atoms with Crippen molar-refractivity contribution in [2.45, 2.75) is 38.5 Å². The highest BCUT2D eigenvalue weighted by molar-refractivity contribution is 5.89. The topological polar surface area (TPSA) is 54.1 Å². The second kappa shape index (κ2) is 15.0. The molecule has 0 fully saturated rings. The van der Waals surface area contributed by atoms with Gasteiger partial charge in [0, 0.05) is 45.0 Å². The Morgan fingerprint density at radius 3 is 1.02 bits per heavy atom. The highest BCUT2D eigenvalue weighted by Gasteiger charge is 2.37. The summed E-state index contributed by atoms with van der Waals surface area (Å²) >= 11 is 0. The molecule has 0 bridgehead atoms. The first-order valence-corrected chi connectivity index (χ1v) is 21.1. The van der Waals surface area contributed by atoms with Crippen molar-refractivity contribution >= 4 is 46.3 Å². The van der Waals surface area contributed by atoms with Crippen molar-refractivity contribution in [2.75, 3.05) is 9.80 Å². The molecule has 2 aliphatic rings. The molecule has 4 nitrogen and oxygen atoms in total. The third-order valence-corrected chi connectivity index (χ3v) is 12.9. The van der Waals surface area contributed by atoms with Gasteiger partial charge < -0.3 is 9.80 Å². The number of hydrogen-bond acceptors (Lipinski definition) is 4. The van der Waals surface area contributed by atoms with Crippen LogP contribution in [0.4, 0.5) is 34.1 Å². The fraction of sp³-hybridized carbons (Fsp3) is 0.103. The lowest BCUT2D eigenvalue weighted by Crippen LogP contribution is -2.16. The maximum atomic E-state index is 9.46. The van der Waals surface area contributed by atoms with Crippen LogP contribution in [0.5, 0.6) is 0 Å². The molecule has 0 radical (unpaired) electrons. The van der Waals surface area contributed by atoms with E-state index >= 15 is 0 Å². The molecule has 8 aromatic carbocycles. The third kappa shape index (κ3) is 6.46. The summed E-state index contributed by atoms with van der Waals surface area (Å²) in [5.41, 5.74) is 19.9. The largest absolute Gasteiger partial charge is 0.310 e. The first-order valence-electron chi connectivity index (χ1n) is 21.1. The SMILES string of the molecule is CC1(C)c2cc(/C=C/c3ccc4c(c3)C(C)(C)c3cc(N(c5ccccc5)c5ccc(C#N)cc5)ccc3-4)ccc2-c2ccc(N(c3ccccc3)c3ccc(C#N)cc3)cc21. The van der Waals surface area contributed by atoms with Crippen LogP contribution >= 0.6 is 0 Å². The van der Waals surface area contributed by atoms with Gasteiger partial charge in [0.2, 0.25) is 0 Å². The van der Waals surface area contributed by atoms with Gasteiger partial charge in [0.1, 0.15) is 0 Å². The number of nitrogens with zero attached hydrogens (tertiary/aromatic N) is 4. The Bertz CT molecular complexity index is 2910. The van der Waals surface area contributed by atoms with E-state index in [0.717, 1.165) is 34.1 Å². The number of fused-ring (bicyclic) bond motifs is 6. The molecule has 10 rings (SSSR count). The zero-order valence-corrected chi connectivity index (χ0v) is 35.3. The number of nitriles is 2. The number of anilines is 6. The summed E-state index contributed by atoms with van der Waals surface area (Å²) in [6, 6.07) is 68.4. The third-order valence-electron chi connectivity index (χ3n) is 12.9. The van der Waals surface area contributed by atoms with E-state index in [1.54, 1.807) is 0 Å². The van der Waals surface area contributed by atoms with Crippen molar-refractivity contribution in [3.8, 4) is 34.4 Å². The van der Waals surface area contributed by atoms with Crippen molar-refractivity contribution < 1.29 is 0 Å². The van der Waals surface area contributed by atoms with Gasteiger partial charge in [0.05, 0.1) is 23.3 Å². The number of para-hydroxylation sites is 2. The average molecular weight is 797 g/mol. The van der Waals surface area contributed by atoms with Crippen LogP contribution in [0.1, 0.15) is 72.2 Å². The Labute approximate surface area is 364 Å². The van der Waals surface area contributed by atoms with Crippen LogP contribution in [-0.2, 0) is 10.8 Å². The van der Waals surface area contributed by atoms with Crippen LogP contribution in [0.3, 0.4) is 0 Å². The molecule has 2 aliphatic carbocycles. The smallest absolute Gasteiger partial charge is 0.0991 e. The highest BCUT2D eigenvalue weighted by Crippen LogP contribution is 2.53. The number of benzene rings is 8. The molecule has 296 valence electrons. The normalized spacial score (nSPS) is 13.6. The van der Waals surface area contributed by atoms with Gasteiger partial charge in [-0.15, -0.1) is 0 Å². The molecule has 0 heterocycles. The van der Waals surface area contributed by atoms with Gasteiger partial charge in [-0.25, -0.2) is 0 Å². The fourth-order valence-electron chi connectivity index (χ4n) is 9.58. The molecule has 0 saturated heterocycles. The Morgan fingerprint density at radius 2 is 0.661 bits per heavy atom. The molecule has 0 spiro atoms. The summed E-state index contributed by atoms with van der Waals surface area (Å²) in [4.78, 5) is 4.53. The molecule has 0 aliphatic heterocycles. The molecular formula is C58H44N4. The summed E-state index contributed by atoms with van der Waals surface area (Å²) in [5.74, 6) is 0. The van der Waals surface area contributed by atoms with Crippen LogP contribution in [-0.4, -0.2) is 0 Å². The minimum Gasteiger partial charge on any atom is -0.310 e. The van der Waals surface area contributed by atoms with Gasteiger partial charge >= 0.3 is 0 Å². The lowest BCUT2D eigenvalue weighted by Gasteiger charge is -2.28. The maximum Gasteiger partial charge on any atom is 0.0991 e. The van der Waals surface area contributed by atoms with Gasteiger partial charge in [-0.1, -0.05) is 125 Å².